The van der Waals surface area contributed by atoms with Crippen LogP contribution in [0, 0.1) is 0 Å². The highest BCUT2D eigenvalue weighted by atomic mass is 16.5. The van der Waals surface area contributed by atoms with E-state index in [9.17, 15) is 9.59 Å². The van der Waals surface area contributed by atoms with Crippen molar-refractivity contribution >= 4 is 11.8 Å². The summed E-state index contributed by atoms with van der Waals surface area (Å²) in [4.78, 5) is 23.4. The number of piperidine rings is 1. The summed E-state index contributed by atoms with van der Waals surface area (Å²) in [5, 5.41) is 5.46. The zero-order valence-corrected chi connectivity index (χ0v) is 10.2. The highest BCUT2D eigenvalue weighted by molar-refractivity contribution is 5.97. The smallest absolute Gasteiger partial charge is 0.251 e. The van der Waals surface area contributed by atoms with Crippen molar-refractivity contribution in [3.8, 4) is 5.75 Å². The maximum Gasteiger partial charge on any atom is 0.251 e. The number of benzene rings is 1. The van der Waals surface area contributed by atoms with Gasteiger partial charge >= 0.3 is 0 Å². The van der Waals surface area contributed by atoms with Crippen molar-refractivity contribution in [3.63, 3.8) is 0 Å². The van der Waals surface area contributed by atoms with Crippen LogP contribution in [0.25, 0.3) is 0 Å². The third kappa shape index (κ3) is 2.80. The first kappa shape index (κ1) is 12.4. The first-order chi connectivity index (χ1) is 8.70. The zero-order chi connectivity index (χ0) is 13.0. The summed E-state index contributed by atoms with van der Waals surface area (Å²) in [6.07, 6.45) is 1.58. The molecule has 2 amide bonds. The predicted molar refractivity (Wildman–Crippen MR) is 66.5 cm³/mol. The van der Waals surface area contributed by atoms with Crippen molar-refractivity contribution in [1.82, 2.24) is 10.6 Å². The molecule has 5 nitrogen and oxygen atoms in total. The second-order valence-corrected chi connectivity index (χ2v) is 4.19. The number of ether oxygens (including phenoxy) is 1. The van der Waals surface area contributed by atoms with Crippen LogP contribution in [0.2, 0.25) is 0 Å². The van der Waals surface area contributed by atoms with Crippen molar-refractivity contribution in [2.45, 2.75) is 18.9 Å². The van der Waals surface area contributed by atoms with Gasteiger partial charge in [-0.2, -0.15) is 0 Å². The molecule has 0 radical (unpaired) electrons. The highest BCUT2D eigenvalue weighted by Gasteiger charge is 2.23. The monoisotopic (exact) mass is 248 g/mol. The second kappa shape index (κ2) is 5.53. The van der Waals surface area contributed by atoms with Crippen LogP contribution in [0.15, 0.2) is 24.3 Å². The number of nitrogens with one attached hydrogen (secondary N) is 2. The van der Waals surface area contributed by atoms with Crippen molar-refractivity contribution in [2.24, 2.45) is 0 Å². The molecule has 5 heteroatoms. The van der Waals surface area contributed by atoms with Crippen molar-refractivity contribution in [1.29, 1.82) is 0 Å². The number of amides is 2. The first-order valence-electron chi connectivity index (χ1n) is 5.93. The van der Waals surface area contributed by atoms with Gasteiger partial charge < -0.3 is 15.4 Å². The molecule has 18 heavy (non-hydrogen) atoms. The lowest BCUT2D eigenvalue weighted by Crippen LogP contribution is -2.50. The van der Waals surface area contributed by atoms with Crippen LogP contribution in [-0.2, 0) is 4.79 Å². The van der Waals surface area contributed by atoms with Gasteiger partial charge in [-0.3, -0.25) is 9.59 Å². The molecule has 2 N–H and O–H groups in total. The quantitative estimate of drug-likeness (QED) is 0.827. The van der Waals surface area contributed by atoms with E-state index in [0.29, 0.717) is 24.3 Å². The molecular formula is C13H16N2O3. The summed E-state index contributed by atoms with van der Waals surface area (Å²) < 4.78 is 5.02. The molecule has 1 aliphatic heterocycles. The Morgan fingerprint density at radius 1 is 1.39 bits per heavy atom. The molecule has 2 rings (SSSR count). The third-order valence-corrected chi connectivity index (χ3v) is 2.94. The third-order valence-electron chi connectivity index (χ3n) is 2.94. The Balaban J connectivity index is 2.00. The van der Waals surface area contributed by atoms with E-state index in [2.05, 4.69) is 10.6 Å². The summed E-state index contributed by atoms with van der Waals surface area (Å²) >= 11 is 0. The van der Waals surface area contributed by atoms with Gasteiger partial charge in [0.05, 0.1) is 7.11 Å². The molecule has 1 saturated heterocycles. The highest BCUT2D eigenvalue weighted by Crippen LogP contribution is 2.12. The molecule has 0 saturated carbocycles. The first-order valence-corrected chi connectivity index (χ1v) is 5.93. The number of methoxy groups -OCH3 is 1. The lowest BCUT2D eigenvalue weighted by atomic mass is 10.1. The fourth-order valence-corrected chi connectivity index (χ4v) is 1.89. The van der Waals surface area contributed by atoms with E-state index in [-0.39, 0.29) is 11.8 Å². The van der Waals surface area contributed by atoms with Crippen LogP contribution in [0.4, 0.5) is 0 Å². The van der Waals surface area contributed by atoms with Crippen LogP contribution in [-0.4, -0.2) is 31.5 Å². The Hall–Kier alpha value is -2.04. The second-order valence-electron chi connectivity index (χ2n) is 4.19. The van der Waals surface area contributed by atoms with E-state index in [0.717, 1.165) is 6.42 Å². The number of carbonyl (C=O) groups excluding carboxylic acids is 2. The molecule has 0 aromatic heterocycles. The Morgan fingerprint density at radius 2 is 2.11 bits per heavy atom. The van der Waals surface area contributed by atoms with Gasteiger partial charge in [-0.15, -0.1) is 0 Å². The van der Waals surface area contributed by atoms with Crippen molar-refractivity contribution in [2.75, 3.05) is 13.7 Å². The average molecular weight is 248 g/mol. The summed E-state index contributed by atoms with van der Waals surface area (Å²) in [7, 11) is 1.57. The van der Waals surface area contributed by atoms with E-state index in [1.165, 1.54) is 0 Å². The van der Waals surface area contributed by atoms with Gasteiger partial charge in [0, 0.05) is 12.1 Å². The minimum atomic E-state index is -0.423. The Labute approximate surface area is 106 Å². The number of rotatable bonds is 3. The van der Waals surface area contributed by atoms with E-state index < -0.39 is 6.04 Å². The van der Waals surface area contributed by atoms with Crippen LogP contribution < -0.4 is 15.4 Å². The van der Waals surface area contributed by atoms with Gasteiger partial charge in [0.25, 0.3) is 5.91 Å². The number of hydrogen-bond acceptors (Lipinski definition) is 3. The van der Waals surface area contributed by atoms with E-state index in [4.69, 9.17) is 4.74 Å². The van der Waals surface area contributed by atoms with Gasteiger partial charge in [0.2, 0.25) is 5.91 Å². The number of carbonyl (C=O) groups is 2. The molecule has 96 valence electrons. The zero-order valence-electron chi connectivity index (χ0n) is 10.2. The predicted octanol–water partition coefficient (Wildman–Crippen LogP) is 0.704. The van der Waals surface area contributed by atoms with Crippen LogP contribution >= 0.6 is 0 Å². The van der Waals surface area contributed by atoms with Crippen molar-refractivity contribution in [3.05, 3.63) is 29.8 Å². The van der Waals surface area contributed by atoms with Gasteiger partial charge in [-0.05, 0) is 37.1 Å². The van der Waals surface area contributed by atoms with Gasteiger partial charge in [0.15, 0.2) is 0 Å². The fourth-order valence-electron chi connectivity index (χ4n) is 1.89. The lowest BCUT2D eigenvalue weighted by Gasteiger charge is -2.22. The molecule has 1 aliphatic rings. The van der Waals surface area contributed by atoms with E-state index in [1.54, 1.807) is 31.4 Å². The molecular weight excluding hydrogens is 232 g/mol. The molecule has 1 heterocycles. The minimum Gasteiger partial charge on any atom is -0.497 e. The molecule has 0 bridgehead atoms. The van der Waals surface area contributed by atoms with Gasteiger partial charge in [-0.1, -0.05) is 0 Å². The normalized spacial score (nSPS) is 18.9. The van der Waals surface area contributed by atoms with Crippen LogP contribution in [0.1, 0.15) is 23.2 Å². The molecule has 0 spiro atoms. The molecule has 1 aromatic carbocycles. The molecule has 1 atom stereocenters. The summed E-state index contributed by atoms with van der Waals surface area (Å²) in [5.41, 5.74) is 0.522. The molecule has 0 aliphatic carbocycles. The van der Waals surface area contributed by atoms with Crippen LogP contribution in [0.3, 0.4) is 0 Å². The SMILES string of the molecule is COc1ccc(C(=O)N[C@H]2CCCNC2=O)cc1. The maximum atomic E-state index is 11.9. The molecule has 1 aromatic rings. The van der Waals surface area contributed by atoms with E-state index in [1.807, 2.05) is 0 Å². The minimum absolute atomic E-state index is 0.108. The topological polar surface area (TPSA) is 67.4 Å². The summed E-state index contributed by atoms with van der Waals surface area (Å²) in [5.74, 6) is 0.352. The van der Waals surface area contributed by atoms with Gasteiger partial charge in [0.1, 0.15) is 11.8 Å². The van der Waals surface area contributed by atoms with Gasteiger partial charge in [-0.25, -0.2) is 0 Å². The fraction of sp³-hybridized carbons (Fsp3) is 0.385. The maximum absolute atomic E-state index is 11.9. The molecule has 0 unspecified atom stereocenters. The Morgan fingerprint density at radius 3 is 2.72 bits per heavy atom. The number of hydrogen-bond donors (Lipinski definition) is 2. The molecule has 1 fully saturated rings. The van der Waals surface area contributed by atoms with Crippen molar-refractivity contribution < 1.29 is 14.3 Å². The lowest BCUT2D eigenvalue weighted by molar-refractivity contribution is -0.124. The van der Waals surface area contributed by atoms with Crippen LogP contribution in [0.5, 0.6) is 5.75 Å². The largest absolute Gasteiger partial charge is 0.497 e. The average Bonchev–Trinajstić information content (AvgIpc) is 2.41. The van der Waals surface area contributed by atoms with E-state index >= 15 is 0 Å². The Kier molecular flexibility index (Phi) is 3.82. The summed E-state index contributed by atoms with van der Waals surface area (Å²) in [6.45, 7) is 0.688. The Bertz CT molecular complexity index is 442. The summed E-state index contributed by atoms with van der Waals surface area (Å²) in [6, 6.07) is 6.36. The standard InChI is InChI=1S/C13H16N2O3/c1-18-10-6-4-9(5-7-10)12(16)15-11-3-2-8-14-13(11)17/h4-7,11H,2-3,8H2,1H3,(H,14,17)(H,15,16)/t11-/m0/s1.